The molecular formula is C20H37N3O9. The minimum atomic E-state index is -1.64. The molecule has 1 saturated heterocycles. The van der Waals surface area contributed by atoms with E-state index in [2.05, 4.69) is 16.0 Å². The van der Waals surface area contributed by atoms with Gasteiger partial charge in [0, 0.05) is 46.1 Å². The van der Waals surface area contributed by atoms with Crippen molar-refractivity contribution in [2.75, 3.05) is 32.9 Å². The molecule has 1 heterocycles. The molecule has 0 bridgehead atoms. The Labute approximate surface area is 188 Å². The number of ether oxygens (including phenoxy) is 3. The quantitative estimate of drug-likeness (QED) is 0.152. The van der Waals surface area contributed by atoms with Gasteiger partial charge in [-0.15, -0.1) is 0 Å². The zero-order valence-electron chi connectivity index (χ0n) is 18.7. The van der Waals surface area contributed by atoms with Crippen molar-refractivity contribution >= 4 is 17.7 Å². The van der Waals surface area contributed by atoms with Crippen LogP contribution in [0.15, 0.2) is 0 Å². The first-order valence-electron chi connectivity index (χ1n) is 11.0. The van der Waals surface area contributed by atoms with Gasteiger partial charge in [-0.2, -0.15) is 0 Å². The van der Waals surface area contributed by atoms with E-state index in [1.54, 1.807) is 0 Å². The number of carbonyl (C=O) groups excluding carboxylic acids is 3. The van der Waals surface area contributed by atoms with Crippen LogP contribution in [0.25, 0.3) is 0 Å². The average Bonchev–Trinajstić information content (AvgIpc) is 2.74. The van der Waals surface area contributed by atoms with Crippen molar-refractivity contribution in [2.45, 2.75) is 76.8 Å². The number of hydrogen-bond acceptors (Lipinski definition) is 9. The van der Waals surface area contributed by atoms with E-state index in [9.17, 15) is 29.7 Å². The van der Waals surface area contributed by atoms with Crippen LogP contribution in [-0.2, 0) is 28.6 Å². The first kappa shape index (κ1) is 28.2. The number of amides is 3. The third-order valence-corrected chi connectivity index (χ3v) is 4.70. The molecule has 186 valence electrons. The fraction of sp³-hybridized carbons (Fsp3) is 0.850. The zero-order chi connectivity index (χ0) is 23.9. The van der Waals surface area contributed by atoms with E-state index in [0.717, 1.165) is 0 Å². The topological polar surface area (TPSA) is 176 Å². The SMILES string of the molecule is CCOCCC(=O)NCCCNC(=O)CCCCO[C@@H]1O[C@H](O)[C@H](O)[C@H](O)[C@H]1NC(C)=O. The zero-order valence-corrected chi connectivity index (χ0v) is 18.7. The van der Waals surface area contributed by atoms with Gasteiger partial charge in [0.25, 0.3) is 0 Å². The molecule has 12 heteroatoms. The molecular weight excluding hydrogens is 426 g/mol. The van der Waals surface area contributed by atoms with Gasteiger partial charge in [-0.25, -0.2) is 0 Å². The lowest BCUT2D eigenvalue weighted by Crippen LogP contribution is -2.63. The van der Waals surface area contributed by atoms with E-state index in [4.69, 9.17) is 14.2 Å². The van der Waals surface area contributed by atoms with Gasteiger partial charge in [0.05, 0.1) is 6.61 Å². The van der Waals surface area contributed by atoms with Crippen LogP contribution in [0.2, 0.25) is 0 Å². The van der Waals surface area contributed by atoms with Crippen molar-refractivity contribution < 1.29 is 43.9 Å². The lowest BCUT2D eigenvalue weighted by atomic mass is 10.0. The second-order valence-corrected chi connectivity index (χ2v) is 7.43. The Hall–Kier alpha value is -1.83. The summed E-state index contributed by atoms with van der Waals surface area (Å²) in [5.41, 5.74) is 0. The Morgan fingerprint density at radius 2 is 1.56 bits per heavy atom. The highest BCUT2D eigenvalue weighted by atomic mass is 16.7. The summed E-state index contributed by atoms with van der Waals surface area (Å²) in [4.78, 5) is 34.7. The minimum absolute atomic E-state index is 0.0815. The molecule has 1 fully saturated rings. The number of hydrogen-bond donors (Lipinski definition) is 6. The third kappa shape index (κ3) is 11.2. The van der Waals surface area contributed by atoms with Gasteiger partial charge in [-0.1, -0.05) is 0 Å². The Kier molecular flexibility index (Phi) is 14.0. The highest BCUT2D eigenvalue weighted by Crippen LogP contribution is 2.21. The second-order valence-electron chi connectivity index (χ2n) is 7.43. The summed E-state index contributed by atoms with van der Waals surface area (Å²) in [6, 6.07) is -1.03. The van der Waals surface area contributed by atoms with Gasteiger partial charge in [0.1, 0.15) is 18.2 Å². The molecule has 0 aromatic heterocycles. The van der Waals surface area contributed by atoms with Crippen LogP contribution in [0.4, 0.5) is 0 Å². The van der Waals surface area contributed by atoms with Crippen LogP contribution < -0.4 is 16.0 Å². The predicted molar refractivity (Wildman–Crippen MR) is 112 cm³/mol. The highest BCUT2D eigenvalue weighted by Gasteiger charge is 2.44. The monoisotopic (exact) mass is 463 g/mol. The van der Waals surface area contributed by atoms with Crippen molar-refractivity contribution in [3.8, 4) is 0 Å². The van der Waals surface area contributed by atoms with Gasteiger partial charge < -0.3 is 45.5 Å². The number of aliphatic hydroxyl groups is 3. The normalized spacial score (nSPS) is 25.2. The first-order valence-corrected chi connectivity index (χ1v) is 11.0. The van der Waals surface area contributed by atoms with Crippen LogP contribution in [0.5, 0.6) is 0 Å². The fourth-order valence-corrected chi connectivity index (χ4v) is 2.99. The molecule has 0 aliphatic carbocycles. The molecule has 12 nitrogen and oxygen atoms in total. The van der Waals surface area contributed by atoms with Gasteiger partial charge in [0.15, 0.2) is 12.6 Å². The second kappa shape index (κ2) is 15.9. The van der Waals surface area contributed by atoms with Crippen molar-refractivity contribution in [1.29, 1.82) is 0 Å². The Morgan fingerprint density at radius 3 is 2.19 bits per heavy atom. The van der Waals surface area contributed by atoms with E-state index in [0.29, 0.717) is 52.0 Å². The van der Waals surface area contributed by atoms with Crippen LogP contribution >= 0.6 is 0 Å². The molecule has 1 aliphatic heterocycles. The maximum atomic E-state index is 11.9. The summed E-state index contributed by atoms with van der Waals surface area (Å²) in [7, 11) is 0. The summed E-state index contributed by atoms with van der Waals surface area (Å²) >= 11 is 0. The molecule has 5 atom stereocenters. The number of nitrogens with one attached hydrogen (secondary N) is 3. The minimum Gasteiger partial charge on any atom is -0.388 e. The molecule has 6 N–H and O–H groups in total. The van der Waals surface area contributed by atoms with Gasteiger partial charge in [-0.05, 0) is 26.2 Å². The average molecular weight is 464 g/mol. The molecule has 1 aliphatic rings. The lowest BCUT2D eigenvalue weighted by molar-refractivity contribution is -0.315. The largest absolute Gasteiger partial charge is 0.388 e. The lowest BCUT2D eigenvalue weighted by Gasteiger charge is -2.40. The molecule has 0 aromatic rings. The molecule has 0 spiro atoms. The summed E-state index contributed by atoms with van der Waals surface area (Å²) in [6.45, 7) is 5.18. The molecule has 3 amide bonds. The third-order valence-electron chi connectivity index (χ3n) is 4.70. The summed E-state index contributed by atoms with van der Waals surface area (Å²) in [5.74, 6) is -0.648. The predicted octanol–water partition coefficient (Wildman–Crippen LogP) is -1.88. The standard InChI is InChI=1S/C20H37N3O9/c1-3-30-12-8-15(26)22-10-6-9-21-14(25)7-4-5-11-31-20-16(23-13(2)24)17(27)18(28)19(29)32-20/h16-20,27-29H,3-12H2,1-2H3,(H,21,25)(H,22,26)(H,23,24)/t16-,17-,18-,19+,20-/m1/s1. The first-order chi connectivity index (χ1) is 15.3. The molecule has 32 heavy (non-hydrogen) atoms. The molecule has 0 saturated carbocycles. The van der Waals surface area contributed by atoms with Crippen molar-refractivity contribution in [3.63, 3.8) is 0 Å². The summed E-state index contributed by atoms with van der Waals surface area (Å²) in [6.07, 6.45) is -3.53. The van der Waals surface area contributed by atoms with Crippen molar-refractivity contribution in [3.05, 3.63) is 0 Å². The van der Waals surface area contributed by atoms with Crippen LogP contribution in [0.3, 0.4) is 0 Å². The summed E-state index contributed by atoms with van der Waals surface area (Å²) < 4.78 is 15.7. The molecule has 0 unspecified atom stereocenters. The van der Waals surface area contributed by atoms with E-state index >= 15 is 0 Å². The number of unbranched alkanes of at least 4 members (excludes halogenated alkanes) is 1. The number of rotatable bonds is 15. The number of aliphatic hydroxyl groups excluding tert-OH is 3. The fourth-order valence-electron chi connectivity index (χ4n) is 2.99. The highest BCUT2D eigenvalue weighted by molar-refractivity contribution is 5.76. The summed E-state index contributed by atoms with van der Waals surface area (Å²) in [5, 5.41) is 37.3. The van der Waals surface area contributed by atoms with Gasteiger partial charge in [0.2, 0.25) is 17.7 Å². The molecule has 0 radical (unpaired) electrons. The maximum Gasteiger partial charge on any atom is 0.222 e. The van der Waals surface area contributed by atoms with Crippen LogP contribution in [0, 0.1) is 0 Å². The van der Waals surface area contributed by atoms with Gasteiger partial charge >= 0.3 is 0 Å². The van der Waals surface area contributed by atoms with E-state index in [1.807, 2.05) is 6.92 Å². The van der Waals surface area contributed by atoms with Crippen molar-refractivity contribution in [1.82, 2.24) is 16.0 Å². The van der Waals surface area contributed by atoms with Crippen LogP contribution in [-0.4, -0.2) is 96.8 Å². The Bertz CT molecular complexity index is 579. The smallest absolute Gasteiger partial charge is 0.222 e. The Balaban J connectivity index is 2.14. The van der Waals surface area contributed by atoms with E-state index in [-0.39, 0.29) is 24.8 Å². The van der Waals surface area contributed by atoms with Gasteiger partial charge in [-0.3, -0.25) is 14.4 Å². The van der Waals surface area contributed by atoms with Crippen LogP contribution in [0.1, 0.15) is 46.0 Å². The molecule has 0 aromatic carbocycles. The number of carbonyl (C=O) groups is 3. The van der Waals surface area contributed by atoms with Crippen molar-refractivity contribution in [2.24, 2.45) is 0 Å². The maximum absolute atomic E-state index is 11.9. The molecule has 1 rings (SSSR count). The van der Waals surface area contributed by atoms with E-state index < -0.39 is 36.7 Å². The van der Waals surface area contributed by atoms with E-state index in [1.165, 1.54) is 6.92 Å². The Morgan fingerprint density at radius 1 is 0.906 bits per heavy atom.